The van der Waals surface area contributed by atoms with E-state index in [9.17, 15) is 0 Å². The summed E-state index contributed by atoms with van der Waals surface area (Å²) in [5, 5.41) is 4.98. The molecular weight excluding hydrogens is 232 g/mol. The van der Waals surface area contributed by atoms with E-state index < -0.39 is 0 Å². The molecule has 1 heterocycles. The number of rotatable bonds is 4. The average Bonchev–Trinajstić information content (AvgIpc) is 2.93. The van der Waals surface area contributed by atoms with Gasteiger partial charge in [0.05, 0.1) is 5.52 Å². The van der Waals surface area contributed by atoms with Gasteiger partial charge in [-0.15, -0.1) is 0 Å². The predicted molar refractivity (Wildman–Crippen MR) is 80.4 cm³/mol. The predicted octanol–water partition coefficient (Wildman–Crippen LogP) is 3.87. The van der Waals surface area contributed by atoms with Crippen molar-refractivity contribution < 1.29 is 0 Å². The number of nitrogens with zero attached hydrogens (tertiary/aromatic N) is 1. The van der Waals surface area contributed by atoms with Gasteiger partial charge in [-0.05, 0) is 55.5 Å². The Labute approximate surface area is 115 Å². The quantitative estimate of drug-likeness (QED) is 0.896. The SMILES string of the molecule is CCCNC1CCCC1c1ccc2ncccc2c1. The summed E-state index contributed by atoms with van der Waals surface area (Å²) in [6, 6.07) is 11.6. The Morgan fingerprint density at radius 1 is 1.26 bits per heavy atom. The highest BCUT2D eigenvalue weighted by Gasteiger charge is 2.27. The van der Waals surface area contributed by atoms with Crippen molar-refractivity contribution in [3.8, 4) is 0 Å². The molecule has 1 saturated carbocycles. The summed E-state index contributed by atoms with van der Waals surface area (Å²) in [6.45, 7) is 3.37. The first-order valence-corrected chi connectivity index (χ1v) is 7.46. The zero-order valence-corrected chi connectivity index (χ0v) is 11.6. The molecule has 1 fully saturated rings. The average molecular weight is 254 g/mol. The maximum atomic E-state index is 4.40. The maximum absolute atomic E-state index is 4.40. The number of hydrogen-bond acceptors (Lipinski definition) is 2. The van der Waals surface area contributed by atoms with Gasteiger partial charge in [-0.25, -0.2) is 0 Å². The number of pyridine rings is 1. The molecule has 2 heteroatoms. The van der Waals surface area contributed by atoms with Gasteiger partial charge in [0.1, 0.15) is 0 Å². The fraction of sp³-hybridized carbons (Fsp3) is 0.471. The molecule has 2 atom stereocenters. The van der Waals surface area contributed by atoms with E-state index >= 15 is 0 Å². The molecule has 0 bridgehead atoms. The number of benzene rings is 1. The second-order valence-corrected chi connectivity index (χ2v) is 5.55. The summed E-state index contributed by atoms with van der Waals surface area (Å²) in [6.07, 6.45) is 7.05. The zero-order valence-electron chi connectivity index (χ0n) is 11.6. The minimum Gasteiger partial charge on any atom is -0.313 e. The Balaban J connectivity index is 1.86. The van der Waals surface area contributed by atoms with Crippen LogP contribution < -0.4 is 5.32 Å². The van der Waals surface area contributed by atoms with Gasteiger partial charge < -0.3 is 5.32 Å². The van der Waals surface area contributed by atoms with Crippen molar-refractivity contribution in [3.63, 3.8) is 0 Å². The van der Waals surface area contributed by atoms with Crippen molar-refractivity contribution in [1.29, 1.82) is 0 Å². The van der Waals surface area contributed by atoms with E-state index in [-0.39, 0.29) is 0 Å². The molecule has 1 aliphatic rings. The topological polar surface area (TPSA) is 24.9 Å². The fourth-order valence-corrected chi connectivity index (χ4v) is 3.26. The normalized spacial score (nSPS) is 23.0. The molecule has 19 heavy (non-hydrogen) atoms. The molecular formula is C17H22N2. The first-order valence-electron chi connectivity index (χ1n) is 7.46. The third-order valence-electron chi connectivity index (χ3n) is 4.23. The smallest absolute Gasteiger partial charge is 0.0702 e. The molecule has 1 aromatic heterocycles. The molecule has 100 valence electrons. The Morgan fingerprint density at radius 3 is 3.11 bits per heavy atom. The molecule has 0 spiro atoms. The van der Waals surface area contributed by atoms with Crippen LogP contribution in [0.4, 0.5) is 0 Å². The highest BCUT2D eigenvalue weighted by Crippen LogP contribution is 2.35. The molecule has 2 nitrogen and oxygen atoms in total. The van der Waals surface area contributed by atoms with Crippen LogP contribution in [0.3, 0.4) is 0 Å². The first-order chi connectivity index (χ1) is 9.38. The third kappa shape index (κ3) is 2.64. The van der Waals surface area contributed by atoms with E-state index in [4.69, 9.17) is 0 Å². The van der Waals surface area contributed by atoms with E-state index in [0.717, 1.165) is 12.1 Å². The fourth-order valence-electron chi connectivity index (χ4n) is 3.26. The van der Waals surface area contributed by atoms with Crippen LogP contribution in [0.25, 0.3) is 10.9 Å². The third-order valence-corrected chi connectivity index (χ3v) is 4.23. The van der Waals surface area contributed by atoms with Crippen molar-refractivity contribution >= 4 is 10.9 Å². The van der Waals surface area contributed by atoms with Gasteiger partial charge in [0.15, 0.2) is 0 Å². The van der Waals surface area contributed by atoms with Crippen LogP contribution >= 0.6 is 0 Å². The summed E-state index contributed by atoms with van der Waals surface area (Å²) in [5.41, 5.74) is 2.58. The number of aromatic nitrogens is 1. The first kappa shape index (κ1) is 12.6. The van der Waals surface area contributed by atoms with Crippen molar-refractivity contribution in [2.24, 2.45) is 0 Å². The van der Waals surface area contributed by atoms with Gasteiger partial charge in [0.25, 0.3) is 0 Å². The van der Waals surface area contributed by atoms with Crippen LogP contribution in [-0.4, -0.2) is 17.6 Å². The van der Waals surface area contributed by atoms with Crippen molar-refractivity contribution in [3.05, 3.63) is 42.1 Å². The van der Waals surface area contributed by atoms with Crippen LogP contribution in [0.15, 0.2) is 36.5 Å². The minimum absolute atomic E-state index is 0.661. The molecule has 0 radical (unpaired) electrons. The standard InChI is InChI=1S/C17H22N2/c1-2-10-18-17-7-3-6-15(17)13-8-9-16-14(12-13)5-4-11-19-16/h4-5,8-9,11-12,15,17-18H,2-3,6-7,10H2,1H3. The molecule has 1 N–H and O–H groups in total. The Bertz CT molecular complexity index is 550. The highest BCUT2D eigenvalue weighted by molar-refractivity contribution is 5.79. The van der Waals surface area contributed by atoms with Gasteiger partial charge in [-0.3, -0.25) is 4.98 Å². The molecule has 0 saturated heterocycles. The number of hydrogen-bond donors (Lipinski definition) is 1. The second-order valence-electron chi connectivity index (χ2n) is 5.55. The molecule has 2 aromatic rings. The zero-order chi connectivity index (χ0) is 13.1. The van der Waals surface area contributed by atoms with Gasteiger partial charge >= 0.3 is 0 Å². The molecule has 1 aromatic carbocycles. The lowest BCUT2D eigenvalue weighted by Gasteiger charge is -2.21. The van der Waals surface area contributed by atoms with E-state index in [1.165, 1.54) is 36.6 Å². The van der Waals surface area contributed by atoms with Crippen LogP contribution in [-0.2, 0) is 0 Å². The maximum Gasteiger partial charge on any atom is 0.0702 e. The summed E-state index contributed by atoms with van der Waals surface area (Å²) < 4.78 is 0. The summed E-state index contributed by atoms with van der Waals surface area (Å²) in [7, 11) is 0. The lowest BCUT2D eigenvalue weighted by atomic mass is 9.93. The van der Waals surface area contributed by atoms with E-state index in [2.05, 4.69) is 41.5 Å². The van der Waals surface area contributed by atoms with Crippen LogP contribution in [0, 0.1) is 0 Å². The molecule has 0 amide bonds. The van der Waals surface area contributed by atoms with Crippen molar-refractivity contribution in [2.45, 2.75) is 44.6 Å². The second kappa shape index (κ2) is 5.70. The minimum atomic E-state index is 0.661. The van der Waals surface area contributed by atoms with Gasteiger partial charge in [-0.1, -0.05) is 25.5 Å². The largest absolute Gasteiger partial charge is 0.313 e. The lowest BCUT2D eigenvalue weighted by Crippen LogP contribution is -2.31. The van der Waals surface area contributed by atoms with Gasteiger partial charge in [-0.2, -0.15) is 0 Å². The highest BCUT2D eigenvalue weighted by atomic mass is 14.9. The Hall–Kier alpha value is -1.41. The number of fused-ring (bicyclic) bond motifs is 1. The van der Waals surface area contributed by atoms with Crippen LogP contribution in [0.5, 0.6) is 0 Å². The summed E-state index contributed by atoms with van der Waals surface area (Å²) >= 11 is 0. The number of nitrogens with one attached hydrogen (secondary N) is 1. The monoisotopic (exact) mass is 254 g/mol. The van der Waals surface area contributed by atoms with Crippen molar-refractivity contribution in [2.75, 3.05) is 6.54 Å². The van der Waals surface area contributed by atoms with E-state index in [1.807, 2.05) is 12.3 Å². The lowest BCUT2D eigenvalue weighted by molar-refractivity contribution is 0.479. The summed E-state index contributed by atoms with van der Waals surface area (Å²) in [4.78, 5) is 4.40. The molecule has 3 rings (SSSR count). The van der Waals surface area contributed by atoms with Crippen molar-refractivity contribution in [1.82, 2.24) is 10.3 Å². The van der Waals surface area contributed by atoms with Crippen LogP contribution in [0.1, 0.15) is 44.1 Å². The van der Waals surface area contributed by atoms with E-state index in [0.29, 0.717) is 12.0 Å². The summed E-state index contributed by atoms with van der Waals surface area (Å²) in [5.74, 6) is 0.677. The van der Waals surface area contributed by atoms with Gasteiger partial charge in [0.2, 0.25) is 0 Å². The van der Waals surface area contributed by atoms with Gasteiger partial charge in [0, 0.05) is 17.6 Å². The van der Waals surface area contributed by atoms with E-state index in [1.54, 1.807) is 0 Å². The van der Waals surface area contributed by atoms with Crippen LogP contribution in [0.2, 0.25) is 0 Å². The molecule has 2 unspecified atom stereocenters. The Kier molecular flexibility index (Phi) is 3.79. The molecule has 1 aliphatic carbocycles. The molecule has 0 aliphatic heterocycles. The Morgan fingerprint density at radius 2 is 2.21 bits per heavy atom.